The van der Waals surface area contributed by atoms with Gasteiger partial charge in [0.25, 0.3) is 5.91 Å². The number of thiocarbonyl (C=S) groups is 1. The molecule has 0 N–H and O–H groups in total. The van der Waals surface area contributed by atoms with Crippen LogP contribution in [0.5, 0.6) is 5.75 Å². The van der Waals surface area contributed by atoms with Gasteiger partial charge in [0.1, 0.15) is 5.75 Å². The Hall–Kier alpha value is -2.15. The van der Waals surface area contributed by atoms with Crippen LogP contribution in [0.3, 0.4) is 0 Å². The van der Waals surface area contributed by atoms with Crippen molar-refractivity contribution in [3.8, 4) is 5.75 Å². The molecule has 1 fully saturated rings. The number of fused-ring (bicyclic) bond motifs is 1. The van der Waals surface area contributed by atoms with Crippen molar-refractivity contribution < 1.29 is 9.53 Å². The number of hydrogen-bond donors (Lipinski definition) is 0. The van der Waals surface area contributed by atoms with Crippen LogP contribution >= 0.6 is 39.9 Å². The Morgan fingerprint density at radius 3 is 2.70 bits per heavy atom. The molecule has 3 aromatic carbocycles. The highest BCUT2D eigenvalue weighted by Crippen LogP contribution is 2.39. The number of rotatable bonds is 3. The zero-order valence-electron chi connectivity index (χ0n) is 14.3. The molecule has 3 nitrogen and oxygen atoms in total. The normalized spacial score (nSPS) is 15.8. The van der Waals surface area contributed by atoms with Crippen molar-refractivity contribution in [1.82, 2.24) is 0 Å². The van der Waals surface area contributed by atoms with Gasteiger partial charge in [-0.3, -0.25) is 9.69 Å². The van der Waals surface area contributed by atoms with E-state index in [1.807, 2.05) is 66.7 Å². The second kappa shape index (κ2) is 7.46. The summed E-state index contributed by atoms with van der Waals surface area (Å²) in [6.07, 6.45) is 1.83. The third-order valence-corrected chi connectivity index (χ3v) is 6.07. The van der Waals surface area contributed by atoms with Crippen molar-refractivity contribution in [2.45, 2.75) is 0 Å². The minimum atomic E-state index is -0.122. The monoisotopic (exact) mass is 455 g/mol. The third kappa shape index (κ3) is 3.40. The molecule has 0 aromatic heterocycles. The summed E-state index contributed by atoms with van der Waals surface area (Å²) in [6, 6.07) is 19.6. The van der Waals surface area contributed by atoms with Gasteiger partial charge in [-0.1, -0.05) is 76.3 Å². The van der Waals surface area contributed by atoms with Gasteiger partial charge in [0.2, 0.25) is 0 Å². The lowest BCUT2D eigenvalue weighted by molar-refractivity contribution is -0.113. The van der Waals surface area contributed by atoms with Crippen LogP contribution in [-0.2, 0) is 4.79 Å². The first kappa shape index (κ1) is 18.2. The van der Waals surface area contributed by atoms with Gasteiger partial charge in [-0.25, -0.2) is 0 Å². The number of halogens is 1. The molecule has 0 unspecified atom stereocenters. The van der Waals surface area contributed by atoms with E-state index in [0.29, 0.717) is 15.0 Å². The Bertz CT molecular complexity index is 1110. The van der Waals surface area contributed by atoms with Crippen LogP contribution < -0.4 is 9.64 Å². The van der Waals surface area contributed by atoms with Crippen LogP contribution in [0.25, 0.3) is 16.8 Å². The van der Waals surface area contributed by atoms with E-state index >= 15 is 0 Å². The molecule has 0 bridgehead atoms. The molecule has 6 heteroatoms. The molecule has 0 radical (unpaired) electrons. The highest BCUT2D eigenvalue weighted by Gasteiger charge is 2.34. The summed E-state index contributed by atoms with van der Waals surface area (Å²) in [4.78, 5) is 15.3. The molecule has 1 amide bonds. The first-order chi connectivity index (χ1) is 13.1. The molecule has 0 atom stereocenters. The molecular weight excluding hydrogens is 442 g/mol. The first-order valence-corrected chi connectivity index (χ1v) is 10.2. The SMILES string of the molecule is COc1ccc(Br)cc1/C=C1/SC(=S)N(c2cccc3ccccc23)C1=O. The predicted octanol–water partition coefficient (Wildman–Crippen LogP) is 6.02. The van der Waals surface area contributed by atoms with E-state index in [1.54, 1.807) is 12.0 Å². The summed E-state index contributed by atoms with van der Waals surface area (Å²) in [7, 11) is 1.61. The van der Waals surface area contributed by atoms with Gasteiger partial charge < -0.3 is 4.74 Å². The number of hydrogen-bond acceptors (Lipinski definition) is 4. The van der Waals surface area contributed by atoms with Crippen molar-refractivity contribution in [1.29, 1.82) is 0 Å². The summed E-state index contributed by atoms with van der Waals surface area (Å²) >= 11 is 10.3. The van der Waals surface area contributed by atoms with E-state index in [2.05, 4.69) is 15.9 Å². The molecule has 4 rings (SSSR count). The average molecular weight is 456 g/mol. The number of benzene rings is 3. The topological polar surface area (TPSA) is 29.5 Å². The maximum Gasteiger partial charge on any atom is 0.270 e. The summed E-state index contributed by atoms with van der Waals surface area (Å²) in [5.41, 5.74) is 1.63. The van der Waals surface area contributed by atoms with Gasteiger partial charge in [-0.2, -0.15) is 0 Å². The van der Waals surface area contributed by atoms with Crippen LogP contribution in [-0.4, -0.2) is 17.3 Å². The number of carbonyl (C=O) groups excluding carboxylic acids is 1. The van der Waals surface area contributed by atoms with E-state index in [4.69, 9.17) is 17.0 Å². The zero-order chi connectivity index (χ0) is 19.0. The van der Waals surface area contributed by atoms with Crippen molar-refractivity contribution in [2.75, 3.05) is 12.0 Å². The summed E-state index contributed by atoms with van der Waals surface area (Å²) in [6.45, 7) is 0. The van der Waals surface area contributed by atoms with E-state index in [9.17, 15) is 4.79 Å². The second-order valence-corrected chi connectivity index (χ2v) is 8.49. The molecule has 0 aliphatic carbocycles. The minimum absolute atomic E-state index is 0.122. The Labute approximate surface area is 175 Å². The standard InChI is InChI=1S/C21H14BrNO2S2/c1-25-18-10-9-15(22)11-14(18)12-19-20(24)23(21(26)27-19)17-8-4-6-13-5-2-3-7-16(13)17/h2-12H,1H3/b19-12+. The number of carbonyl (C=O) groups is 1. The highest BCUT2D eigenvalue weighted by atomic mass is 79.9. The summed E-state index contributed by atoms with van der Waals surface area (Å²) < 4.78 is 6.85. The van der Waals surface area contributed by atoms with Gasteiger partial charge in [0.05, 0.1) is 17.7 Å². The fraction of sp³-hybridized carbons (Fsp3) is 0.0476. The quantitative estimate of drug-likeness (QED) is 0.356. The van der Waals surface area contributed by atoms with Crippen molar-refractivity contribution in [3.05, 3.63) is 75.6 Å². The van der Waals surface area contributed by atoms with Gasteiger partial charge in [-0.05, 0) is 35.7 Å². The average Bonchev–Trinajstić information content (AvgIpc) is 2.95. The van der Waals surface area contributed by atoms with Crippen molar-refractivity contribution in [2.24, 2.45) is 0 Å². The smallest absolute Gasteiger partial charge is 0.270 e. The fourth-order valence-electron chi connectivity index (χ4n) is 3.04. The Morgan fingerprint density at radius 2 is 1.89 bits per heavy atom. The highest BCUT2D eigenvalue weighted by molar-refractivity contribution is 9.10. The molecule has 1 aliphatic heterocycles. The number of thioether (sulfide) groups is 1. The third-order valence-electron chi connectivity index (χ3n) is 4.28. The second-order valence-electron chi connectivity index (χ2n) is 5.90. The number of ether oxygens (including phenoxy) is 1. The number of methoxy groups -OCH3 is 1. The number of nitrogens with zero attached hydrogens (tertiary/aromatic N) is 1. The molecule has 0 spiro atoms. The van der Waals surface area contributed by atoms with Crippen LogP contribution in [0.15, 0.2) is 70.0 Å². The lowest BCUT2D eigenvalue weighted by Gasteiger charge is -2.17. The van der Waals surface area contributed by atoms with Gasteiger partial charge >= 0.3 is 0 Å². The number of anilines is 1. The minimum Gasteiger partial charge on any atom is -0.496 e. The summed E-state index contributed by atoms with van der Waals surface area (Å²) in [5.74, 6) is 0.581. The van der Waals surface area contributed by atoms with E-state index < -0.39 is 0 Å². The van der Waals surface area contributed by atoms with Gasteiger partial charge in [0, 0.05) is 15.4 Å². The van der Waals surface area contributed by atoms with Crippen molar-refractivity contribution in [3.63, 3.8) is 0 Å². The van der Waals surface area contributed by atoms with Crippen LogP contribution in [0.2, 0.25) is 0 Å². The molecule has 134 valence electrons. The largest absolute Gasteiger partial charge is 0.496 e. The molecule has 1 aliphatic rings. The lowest BCUT2D eigenvalue weighted by atomic mass is 10.1. The molecular formula is C21H14BrNO2S2. The summed E-state index contributed by atoms with van der Waals surface area (Å²) in [5, 5.41) is 2.07. The maximum absolute atomic E-state index is 13.1. The first-order valence-electron chi connectivity index (χ1n) is 8.18. The van der Waals surface area contributed by atoms with E-state index in [0.717, 1.165) is 26.5 Å². The van der Waals surface area contributed by atoms with E-state index in [-0.39, 0.29) is 5.91 Å². The van der Waals surface area contributed by atoms with Crippen LogP contribution in [0.1, 0.15) is 5.56 Å². The van der Waals surface area contributed by atoms with Gasteiger partial charge in [0.15, 0.2) is 4.32 Å². The Kier molecular flexibility index (Phi) is 5.04. The molecule has 0 saturated carbocycles. The van der Waals surface area contributed by atoms with Crippen molar-refractivity contribution >= 4 is 72.7 Å². The fourth-order valence-corrected chi connectivity index (χ4v) is 4.69. The predicted molar refractivity (Wildman–Crippen MR) is 120 cm³/mol. The lowest BCUT2D eigenvalue weighted by Crippen LogP contribution is -2.27. The van der Waals surface area contributed by atoms with Crippen LogP contribution in [0.4, 0.5) is 5.69 Å². The Morgan fingerprint density at radius 1 is 1.11 bits per heavy atom. The van der Waals surface area contributed by atoms with E-state index in [1.165, 1.54) is 11.8 Å². The molecule has 1 heterocycles. The maximum atomic E-state index is 13.1. The van der Waals surface area contributed by atoms with Gasteiger partial charge in [-0.15, -0.1) is 0 Å². The Balaban J connectivity index is 1.78. The molecule has 1 saturated heterocycles. The zero-order valence-corrected chi connectivity index (χ0v) is 17.5. The number of amides is 1. The molecule has 27 heavy (non-hydrogen) atoms. The van der Waals surface area contributed by atoms with Crippen LogP contribution in [0, 0.1) is 0 Å². The molecule has 3 aromatic rings.